The van der Waals surface area contributed by atoms with Crippen LogP contribution in [0.15, 0.2) is 4.99 Å². The number of rotatable bonds is 7. The Morgan fingerprint density at radius 3 is 2.41 bits per heavy atom. The number of hydrogen-bond donors (Lipinski definition) is 4. The molecule has 2 saturated heterocycles. The van der Waals surface area contributed by atoms with Crippen LogP contribution in [0.3, 0.4) is 0 Å². The number of fused-ring (bicyclic) bond motifs is 1. The minimum Gasteiger partial charge on any atom is -0.463 e. The topological polar surface area (TPSA) is 106 Å². The lowest BCUT2D eigenvalue weighted by Crippen LogP contribution is -2.65. The number of aliphatic imine (C=N–C) groups is 1. The van der Waals surface area contributed by atoms with E-state index in [1.165, 1.54) is 30.6 Å². The van der Waals surface area contributed by atoms with Gasteiger partial charge in [0, 0.05) is 6.54 Å². The smallest absolute Gasteiger partial charge is 0.290 e. The Labute approximate surface area is 131 Å². The molecule has 2 fully saturated rings. The minimum atomic E-state index is -1.44. The zero-order valence-electron chi connectivity index (χ0n) is 13.1. The van der Waals surface area contributed by atoms with Crippen molar-refractivity contribution in [3.8, 4) is 0 Å². The molecular formula is C15H28N2O5. The number of ether oxygens (including phenoxy) is 1. The highest BCUT2D eigenvalue weighted by molar-refractivity contribution is 5.76. The molecule has 4 N–H and O–H groups in total. The fraction of sp³-hybridized carbons (Fsp3) is 0.933. The Morgan fingerprint density at radius 1 is 1.00 bits per heavy atom. The second-order valence-electron chi connectivity index (χ2n) is 6.10. The third-order valence-electron chi connectivity index (χ3n) is 4.40. The van der Waals surface area contributed by atoms with Crippen molar-refractivity contribution in [1.29, 1.82) is 0 Å². The molecule has 0 aromatic rings. The van der Waals surface area contributed by atoms with Gasteiger partial charge in [-0.2, -0.15) is 0 Å². The van der Waals surface area contributed by atoms with Crippen LogP contribution in [-0.4, -0.2) is 75.1 Å². The molecule has 0 spiro atoms. The summed E-state index contributed by atoms with van der Waals surface area (Å²) in [6, 6.07) is -0.326. The third-order valence-corrected chi connectivity index (χ3v) is 4.40. The lowest BCUT2D eigenvalue weighted by molar-refractivity contribution is -0.190. The number of unbranched alkanes of at least 4 members (excludes halogenated alkanes) is 5. The highest BCUT2D eigenvalue weighted by Gasteiger charge is 2.52. The van der Waals surface area contributed by atoms with Crippen molar-refractivity contribution >= 4 is 6.02 Å². The summed E-state index contributed by atoms with van der Waals surface area (Å²) in [5.74, 6) is 0. The normalized spacial score (nSPS) is 36.5. The molecule has 7 heteroatoms. The largest absolute Gasteiger partial charge is 0.463 e. The van der Waals surface area contributed by atoms with Crippen molar-refractivity contribution in [2.75, 3.05) is 13.2 Å². The molecule has 0 aromatic heterocycles. The number of aliphatic hydroxyl groups excluding tert-OH is 4. The maximum absolute atomic E-state index is 10.1. The van der Waals surface area contributed by atoms with Crippen LogP contribution in [0.2, 0.25) is 0 Å². The van der Waals surface area contributed by atoms with Gasteiger partial charge in [-0.15, -0.1) is 0 Å². The van der Waals surface area contributed by atoms with Gasteiger partial charge >= 0.3 is 0 Å². The van der Waals surface area contributed by atoms with E-state index in [2.05, 4.69) is 11.9 Å². The molecule has 128 valence electrons. The van der Waals surface area contributed by atoms with Crippen LogP contribution < -0.4 is 0 Å². The third kappa shape index (κ3) is 3.71. The minimum absolute atomic E-state index is 0.150. The molecule has 0 saturated carbocycles. The van der Waals surface area contributed by atoms with Crippen molar-refractivity contribution in [3.05, 3.63) is 0 Å². The van der Waals surface area contributed by atoms with E-state index in [0.29, 0.717) is 6.54 Å². The van der Waals surface area contributed by atoms with Crippen molar-refractivity contribution in [2.24, 2.45) is 4.99 Å². The second-order valence-corrected chi connectivity index (χ2v) is 6.10. The highest BCUT2D eigenvalue weighted by Crippen LogP contribution is 2.28. The first-order valence-corrected chi connectivity index (χ1v) is 8.25. The van der Waals surface area contributed by atoms with Gasteiger partial charge in [0.1, 0.15) is 24.9 Å². The molecule has 5 atom stereocenters. The van der Waals surface area contributed by atoms with E-state index in [1.54, 1.807) is 0 Å². The molecule has 22 heavy (non-hydrogen) atoms. The Balaban J connectivity index is 1.84. The molecular weight excluding hydrogens is 288 g/mol. The molecule has 0 bridgehead atoms. The molecule has 0 aliphatic carbocycles. The number of amidine groups is 1. The van der Waals surface area contributed by atoms with E-state index < -0.39 is 30.6 Å². The number of hydrogen-bond acceptors (Lipinski definition) is 6. The molecule has 7 nitrogen and oxygen atoms in total. The second kappa shape index (κ2) is 8.10. The molecule has 0 aromatic carbocycles. The fourth-order valence-electron chi connectivity index (χ4n) is 2.99. The fourth-order valence-corrected chi connectivity index (χ4v) is 2.99. The summed E-state index contributed by atoms with van der Waals surface area (Å²) in [4.78, 5) is 5.70. The molecule has 2 aliphatic heterocycles. The Hall–Kier alpha value is -0.890. The first-order chi connectivity index (χ1) is 10.6. The van der Waals surface area contributed by atoms with Crippen LogP contribution in [0.1, 0.15) is 45.4 Å². The summed E-state index contributed by atoms with van der Waals surface area (Å²) in [6.07, 6.45) is 1.67. The van der Waals surface area contributed by atoms with Gasteiger partial charge in [0.2, 0.25) is 0 Å². The van der Waals surface area contributed by atoms with Crippen LogP contribution in [0.25, 0.3) is 0 Å². The first-order valence-electron chi connectivity index (χ1n) is 8.25. The van der Waals surface area contributed by atoms with Crippen molar-refractivity contribution in [2.45, 2.75) is 76.0 Å². The molecule has 0 unspecified atom stereocenters. The van der Waals surface area contributed by atoms with E-state index in [9.17, 15) is 20.4 Å². The Kier molecular flexibility index (Phi) is 6.43. The summed E-state index contributed by atoms with van der Waals surface area (Å²) in [7, 11) is 0. The Bertz CT molecular complexity index is 379. The lowest BCUT2D eigenvalue weighted by atomic mass is 9.94. The van der Waals surface area contributed by atoms with Crippen molar-refractivity contribution < 1.29 is 25.2 Å². The predicted octanol–water partition coefficient (Wildman–Crippen LogP) is -0.182. The number of aliphatic hydroxyl groups is 4. The van der Waals surface area contributed by atoms with Crippen LogP contribution in [0, 0.1) is 0 Å². The van der Waals surface area contributed by atoms with E-state index in [-0.39, 0.29) is 12.6 Å². The van der Waals surface area contributed by atoms with Gasteiger partial charge in [0.25, 0.3) is 6.02 Å². The van der Waals surface area contributed by atoms with E-state index in [0.717, 1.165) is 12.8 Å². The highest BCUT2D eigenvalue weighted by atomic mass is 16.5. The van der Waals surface area contributed by atoms with Crippen LogP contribution in [-0.2, 0) is 4.74 Å². The van der Waals surface area contributed by atoms with E-state index in [4.69, 9.17) is 4.74 Å². The van der Waals surface area contributed by atoms with Crippen LogP contribution >= 0.6 is 0 Å². The van der Waals surface area contributed by atoms with Crippen molar-refractivity contribution in [3.63, 3.8) is 0 Å². The van der Waals surface area contributed by atoms with Crippen molar-refractivity contribution in [1.82, 2.24) is 4.90 Å². The number of piperidine rings is 1. The average Bonchev–Trinajstić information content (AvgIpc) is 2.94. The average molecular weight is 316 g/mol. The predicted molar refractivity (Wildman–Crippen MR) is 81.3 cm³/mol. The molecule has 2 rings (SSSR count). The summed E-state index contributed by atoms with van der Waals surface area (Å²) < 4.78 is 5.42. The monoisotopic (exact) mass is 316 g/mol. The van der Waals surface area contributed by atoms with E-state index >= 15 is 0 Å². The Morgan fingerprint density at radius 2 is 1.68 bits per heavy atom. The molecule has 2 aliphatic rings. The summed E-state index contributed by atoms with van der Waals surface area (Å²) >= 11 is 0. The first kappa shape index (κ1) is 17.5. The molecule has 2 heterocycles. The lowest BCUT2D eigenvalue weighted by Gasteiger charge is -2.42. The summed E-state index contributed by atoms with van der Waals surface area (Å²) in [5.41, 5.74) is 0. The maximum Gasteiger partial charge on any atom is 0.290 e. The van der Waals surface area contributed by atoms with Gasteiger partial charge in [0.05, 0.1) is 6.04 Å². The van der Waals surface area contributed by atoms with Gasteiger partial charge in [-0.05, 0) is 6.42 Å². The molecule has 0 radical (unpaired) electrons. The molecule has 0 amide bonds. The van der Waals surface area contributed by atoms with Gasteiger partial charge in [-0.25, -0.2) is 4.99 Å². The zero-order valence-corrected chi connectivity index (χ0v) is 13.1. The van der Waals surface area contributed by atoms with Crippen LogP contribution in [0.4, 0.5) is 0 Å². The SMILES string of the molecule is CCCCCCCCN=C1OC[C@@H]2[C@@H](O)[C@H](O)[C@@H](O)[C@H](O)N12. The standard InChI is InChI=1S/C15H28N2O5/c1-2-3-4-5-6-7-8-16-15-17-10(9-22-15)11(18)12(19)13(20)14(17)21/h10-14,18-21H,2-9H2,1H3/t10-,11-,12+,13-,14+/m1/s1. The van der Waals surface area contributed by atoms with Gasteiger partial charge in [0.15, 0.2) is 6.23 Å². The van der Waals surface area contributed by atoms with E-state index in [1.807, 2.05) is 0 Å². The van der Waals surface area contributed by atoms with Gasteiger partial charge in [-0.1, -0.05) is 39.0 Å². The summed E-state index contributed by atoms with van der Waals surface area (Å²) in [5, 5.41) is 39.4. The maximum atomic E-state index is 10.1. The van der Waals surface area contributed by atoms with Crippen LogP contribution in [0.5, 0.6) is 0 Å². The summed E-state index contributed by atoms with van der Waals surface area (Å²) in [6.45, 7) is 2.92. The zero-order chi connectivity index (χ0) is 16.1. The number of nitrogens with zero attached hydrogens (tertiary/aromatic N) is 2. The van der Waals surface area contributed by atoms with Gasteiger partial charge in [-0.3, -0.25) is 4.90 Å². The quantitative estimate of drug-likeness (QED) is 0.486. The van der Waals surface area contributed by atoms with Gasteiger partial charge < -0.3 is 25.2 Å².